The van der Waals surface area contributed by atoms with Crippen molar-refractivity contribution in [3.05, 3.63) is 42.4 Å². The number of nitrogens with zero attached hydrogens (tertiary/aromatic N) is 5. The lowest BCUT2D eigenvalue weighted by molar-refractivity contribution is -0.137. The molecule has 134 valence electrons. The van der Waals surface area contributed by atoms with E-state index in [1.807, 2.05) is 18.2 Å². The maximum Gasteiger partial charge on any atom is 0.267 e. The summed E-state index contributed by atoms with van der Waals surface area (Å²) in [4.78, 5) is 30.2. The highest BCUT2D eigenvalue weighted by atomic mass is 16.3. The number of hydrogen-bond acceptors (Lipinski definition) is 7. The van der Waals surface area contributed by atoms with Gasteiger partial charge in [0, 0.05) is 31.1 Å². The molecule has 0 bridgehead atoms. The molecule has 1 aliphatic rings. The molecule has 3 aromatic rings. The van der Waals surface area contributed by atoms with Crippen LogP contribution in [0.15, 0.2) is 36.8 Å². The highest BCUT2D eigenvalue weighted by molar-refractivity contribution is 5.90. The number of carbonyl (C=O) groups is 1. The number of aromatic nitrogens is 4. The second kappa shape index (κ2) is 6.30. The lowest BCUT2D eigenvalue weighted by atomic mass is 10.0. The Balaban J connectivity index is 1.69. The fourth-order valence-corrected chi connectivity index (χ4v) is 2.90. The topological polar surface area (TPSA) is 118 Å². The van der Waals surface area contributed by atoms with Crippen LogP contribution in [0.4, 0.5) is 5.82 Å². The molecule has 8 nitrogen and oxygen atoms in total. The molecule has 3 N–H and O–H groups in total. The molecule has 2 aromatic heterocycles. The number of nitrogen functional groups attached to an aromatic ring is 1. The van der Waals surface area contributed by atoms with Gasteiger partial charge in [0.1, 0.15) is 6.33 Å². The Kier molecular flexibility index (Phi) is 3.94. The van der Waals surface area contributed by atoms with Crippen molar-refractivity contribution in [2.45, 2.75) is 12.0 Å². The summed E-state index contributed by atoms with van der Waals surface area (Å²) in [5, 5.41) is 10.4. The van der Waals surface area contributed by atoms with E-state index < -0.39 is 5.60 Å². The van der Waals surface area contributed by atoms with Crippen LogP contribution in [0.1, 0.15) is 12.0 Å². The SMILES string of the molecule is CN1CC[C@](O)(C#Cc2cccc(-c3cnc4ncnc(N)c4n3)c2)C1=O. The van der Waals surface area contributed by atoms with Crippen LogP contribution in [0.2, 0.25) is 0 Å². The van der Waals surface area contributed by atoms with Gasteiger partial charge >= 0.3 is 0 Å². The molecule has 8 heteroatoms. The van der Waals surface area contributed by atoms with Gasteiger partial charge in [-0.15, -0.1) is 0 Å². The Morgan fingerprint density at radius 2 is 2.15 bits per heavy atom. The van der Waals surface area contributed by atoms with Crippen molar-refractivity contribution in [3.63, 3.8) is 0 Å². The second-order valence-electron chi connectivity index (χ2n) is 6.35. The van der Waals surface area contributed by atoms with E-state index in [9.17, 15) is 9.90 Å². The van der Waals surface area contributed by atoms with E-state index in [1.54, 1.807) is 19.3 Å². The first-order valence-electron chi connectivity index (χ1n) is 8.31. The minimum atomic E-state index is -1.63. The zero-order chi connectivity index (χ0) is 19.0. The Morgan fingerprint density at radius 1 is 1.30 bits per heavy atom. The quantitative estimate of drug-likeness (QED) is 0.611. The molecular weight excluding hydrogens is 344 g/mol. The van der Waals surface area contributed by atoms with Crippen molar-refractivity contribution >= 4 is 22.9 Å². The molecule has 0 unspecified atom stereocenters. The first-order valence-corrected chi connectivity index (χ1v) is 8.31. The highest BCUT2D eigenvalue weighted by Crippen LogP contribution is 2.23. The number of likely N-dealkylation sites (N-methyl/N-ethyl adjacent to an activating group) is 1. The van der Waals surface area contributed by atoms with Gasteiger partial charge in [-0.3, -0.25) is 4.79 Å². The molecular formula is C19H16N6O2. The summed E-state index contributed by atoms with van der Waals surface area (Å²) in [6.45, 7) is 0.486. The lowest BCUT2D eigenvalue weighted by Crippen LogP contribution is -2.37. The summed E-state index contributed by atoms with van der Waals surface area (Å²) in [5.41, 5.74) is 7.11. The molecule has 0 saturated carbocycles. The number of aliphatic hydroxyl groups is 1. The van der Waals surface area contributed by atoms with Crippen LogP contribution in [-0.2, 0) is 4.79 Å². The van der Waals surface area contributed by atoms with Crippen molar-refractivity contribution in [3.8, 4) is 23.1 Å². The van der Waals surface area contributed by atoms with Gasteiger partial charge in [-0.1, -0.05) is 24.0 Å². The van der Waals surface area contributed by atoms with E-state index in [2.05, 4.69) is 31.8 Å². The number of fused-ring (bicyclic) bond motifs is 1. The number of anilines is 1. The molecule has 27 heavy (non-hydrogen) atoms. The second-order valence-corrected chi connectivity index (χ2v) is 6.35. The van der Waals surface area contributed by atoms with Gasteiger partial charge in [-0.05, 0) is 12.1 Å². The third-order valence-electron chi connectivity index (χ3n) is 4.45. The van der Waals surface area contributed by atoms with E-state index in [-0.39, 0.29) is 11.7 Å². The maximum absolute atomic E-state index is 12.0. The average Bonchev–Trinajstić information content (AvgIpc) is 2.95. The van der Waals surface area contributed by atoms with Crippen molar-refractivity contribution in [1.82, 2.24) is 24.8 Å². The third kappa shape index (κ3) is 3.05. The van der Waals surface area contributed by atoms with E-state index in [0.29, 0.717) is 35.4 Å². The molecule has 0 aliphatic carbocycles. The van der Waals surface area contributed by atoms with Gasteiger partial charge in [0.25, 0.3) is 5.91 Å². The molecule has 1 atom stereocenters. The van der Waals surface area contributed by atoms with Crippen molar-refractivity contribution in [2.24, 2.45) is 0 Å². The first kappa shape index (κ1) is 16.9. The van der Waals surface area contributed by atoms with Crippen LogP contribution >= 0.6 is 0 Å². The molecule has 1 aromatic carbocycles. The van der Waals surface area contributed by atoms with Crippen molar-refractivity contribution < 1.29 is 9.90 Å². The Labute approximate surface area is 155 Å². The molecule has 1 saturated heterocycles. The van der Waals surface area contributed by atoms with Crippen molar-refractivity contribution in [1.29, 1.82) is 0 Å². The van der Waals surface area contributed by atoms with E-state index >= 15 is 0 Å². The van der Waals surface area contributed by atoms with Crippen LogP contribution in [0.5, 0.6) is 0 Å². The summed E-state index contributed by atoms with van der Waals surface area (Å²) in [7, 11) is 1.65. The summed E-state index contributed by atoms with van der Waals surface area (Å²) in [5.74, 6) is 5.49. The number of carbonyl (C=O) groups excluding carboxylic acids is 1. The van der Waals surface area contributed by atoms with Crippen LogP contribution in [0, 0.1) is 11.8 Å². The van der Waals surface area contributed by atoms with Gasteiger partial charge < -0.3 is 15.7 Å². The van der Waals surface area contributed by atoms with Crippen molar-refractivity contribution in [2.75, 3.05) is 19.3 Å². The first-order chi connectivity index (χ1) is 13.0. The lowest BCUT2D eigenvalue weighted by Gasteiger charge is -2.13. The zero-order valence-corrected chi connectivity index (χ0v) is 14.5. The normalized spacial score (nSPS) is 19.2. The van der Waals surface area contributed by atoms with Crippen LogP contribution in [0.3, 0.4) is 0 Å². The number of likely N-dealkylation sites (tertiary alicyclic amines) is 1. The summed E-state index contributed by atoms with van der Waals surface area (Å²) >= 11 is 0. The maximum atomic E-state index is 12.0. The smallest absolute Gasteiger partial charge is 0.267 e. The zero-order valence-electron chi connectivity index (χ0n) is 14.5. The van der Waals surface area contributed by atoms with E-state index in [0.717, 1.165) is 5.56 Å². The fourth-order valence-electron chi connectivity index (χ4n) is 2.90. The Morgan fingerprint density at radius 3 is 2.93 bits per heavy atom. The summed E-state index contributed by atoms with van der Waals surface area (Å²) in [6.07, 6.45) is 3.24. The standard InChI is InChI=1S/C19H16N6O2/c1-25-8-7-19(27,18(25)26)6-5-12-3-2-4-13(9-12)14-10-21-17-15(24-14)16(20)22-11-23-17/h2-4,9-11,27H,7-8H2,1H3,(H2,20,21,22,23)/t19-/m1/s1. The van der Waals surface area contributed by atoms with Crippen LogP contribution < -0.4 is 5.73 Å². The molecule has 0 spiro atoms. The third-order valence-corrected chi connectivity index (χ3v) is 4.45. The fraction of sp³-hybridized carbons (Fsp3) is 0.211. The number of rotatable bonds is 1. The number of hydrogen-bond donors (Lipinski definition) is 2. The van der Waals surface area contributed by atoms with Gasteiger partial charge in [-0.25, -0.2) is 19.9 Å². The average molecular weight is 360 g/mol. The van der Waals surface area contributed by atoms with E-state index in [1.165, 1.54) is 11.2 Å². The molecule has 4 rings (SSSR count). The minimum absolute atomic E-state index is 0.261. The predicted molar refractivity (Wildman–Crippen MR) is 99.1 cm³/mol. The van der Waals surface area contributed by atoms with Crippen LogP contribution in [-0.4, -0.2) is 55.0 Å². The van der Waals surface area contributed by atoms with Crippen LogP contribution in [0.25, 0.3) is 22.4 Å². The van der Waals surface area contributed by atoms with Gasteiger partial charge in [0.05, 0.1) is 11.9 Å². The molecule has 1 fully saturated rings. The summed E-state index contributed by atoms with van der Waals surface area (Å²) in [6, 6.07) is 7.30. The molecule has 1 amide bonds. The highest BCUT2D eigenvalue weighted by Gasteiger charge is 2.42. The van der Waals surface area contributed by atoms with Gasteiger partial charge in [0.2, 0.25) is 5.60 Å². The number of benzene rings is 1. The Hall–Kier alpha value is -3.57. The Bertz CT molecular complexity index is 1120. The molecule has 1 aliphatic heterocycles. The minimum Gasteiger partial charge on any atom is -0.382 e. The van der Waals surface area contributed by atoms with Gasteiger partial charge in [0.15, 0.2) is 17.0 Å². The van der Waals surface area contributed by atoms with Gasteiger partial charge in [-0.2, -0.15) is 0 Å². The monoisotopic (exact) mass is 360 g/mol. The molecule has 3 heterocycles. The molecule has 0 radical (unpaired) electrons. The summed E-state index contributed by atoms with van der Waals surface area (Å²) < 4.78 is 0. The number of nitrogens with two attached hydrogens (primary N) is 1. The predicted octanol–water partition coefficient (Wildman–Crippen LogP) is 0.614. The largest absolute Gasteiger partial charge is 0.382 e. The van der Waals surface area contributed by atoms with E-state index in [4.69, 9.17) is 5.73 Å². The number of amides is 1.